The summed E-state index contributed by atoms with van der Waals surface area (Å²) in [6.07, 6.45) is 17.7. The van der Waals surface area contributed by atoms with Crippen LogP contribution in [0.15, 0.2) is 0 Å². The lowest BCUT2D eigenvalue weighted by Gasteiger charge is -2.23. The molecule has 210 valence electrons. The molecule has 0 amide bonds. The summed E-state index contributed by atoms with van der Waals surface area (Å²) in [5.41, 5.74) is -2.17. The predicted octanol–water partition coefficient (Wildman–Crippen LogP) is 7.48. The average Bonchev–Trinajstić information content (AvgIpc) is 2.84. The Morgan fingerprint density at radius 2 is 0.771 bits per heavy atom. The zero-order chi connectivity index (χ0) is 27.0. The highest BCUT2D eigenvalue weighted by Crippen LogP contribution is 2.26. The van der Waals surface area contributed by atoms with E-state index in [1.54, 1.807) is 0 Å². The van der Waals surface area contributed by atoms with Crippen LogP contribution in [0.1, 0.15) is 150 Å². The molecular weight excluding hydrogens is 448 g/mol. The van der Waals surface area contributed by atoms with Gasteiger partial charge in [0, 0.05) is 35.5 Å². The van der Waals surface area contributed by atoms with Crippen molar-refractivity contribution < 1.29 is 20.1 Å². The van der Waals surface area contributed by atoms with Crippen LogP contribution in [0.2, 0.25) is 0 Å². The summed E-state index contributed by atoms with van der Waals surface area (Å²) >= 11 is 0. The monoisotopic (exact) mass is 504 g/mol. The molecule has 0 saturated carbocycles. The SMILES string of the molecule is CCCCCCC(CO)(CCC)[N+](=O)[O-].CCCCCCCCC(CO)(CCCCCC)[N+](=O)[O-]. The van der Waals surface area contributed by atoms with E-state index in [0.29, 0.717) is 25.7 Å². The minimum Gasteiger partial charge on any atom is -0.389 e. The summed E-state index contributed by atoms with van der Waals surface area (Å²) in [4.78, 5) is 21.8. The first-order valence-corrected chi connectivity index (χ1v) is 14.3. The number of unbranched alkanes of at least 4 members (excludes halogenated alkanes) is 11. The number of aliphatic hydroxyl groups excluding tert-OH is 2. The van der Waals surface area contributed by atoms with Gasteiger partial charge in [0.2, 0.25) is 11.1 Å². The van der Waals surface area contributed by atoms with E-state index in [1.165, 1.54) is 19.3 Å². The first-order chi connectivity index (χ1) is 16.8. The molecule has 0 spiro atoms. The van der Waals surface area contributed by atoms with Crippen LogP contribution in [-0.2, 0) is 0 Å². The van der Waals surface area contributed by atoms with Crippen molar-refractivity contribution in [3.63, 3.8) is 0 Å². The van der Waals surface area contributed by atoms with Crippen molar-refractivity contribution in [3.8, 4) is 0 Å². The van der Waals surface area contributed by atoms with E-state index >= 15 is 0 Å². The minimum atomic E-state index is -1.08. The fraction of sp³-hybridized carbons (Fsp3) is 1.00. The van der Waals surface area contributed by atoms with Gasteiger partial charge in [-0.2, -0.15) is 0 Å². The van der Waals surface area contributed by atoms with Gasteiger partial charge in [-0.1, -0.05) is 98.3 Å². The summed E-state index contributed by atoms with van der Waals surface area (Å²) < 4.78 is 0. The van der Waals surface area contributed by atoms with E-state index in [1.807, 2.05) is 6.92 Å². The Kier molecular flexibility index (Phi) is 23.7. The summed E-state index contributed by atoms with van der Waals surface area (Å²) in [6, 6.07) is 0. The Bertz CT molecular complexity index is 520. The van der Waals surface area contributed by atoms with Gasteiger partial charge in [-0.15, -0.1) is 0 Å². The quantitative estimate of drug-likeness (QED) is 0.0843. The number of nitro groups is 2. The standard InChI is InChI=1S/C16H33NO3.C11H23NO3/c1-3-5-7-9-10-12-14-16(15-18,17(19)20)13-11-8-6-4-2;1-3-5-6-7-9-11(10-13,8-4-2)12(14)15/h18H,3-15H2,1-2H3;13H,3-10H2,1-2H3. The highest BCUT2D eigenvalue weighted by atomic mass is 16.6. The van der Waals surface area contributed by atoms with E-state index in [2.05, 4.69) is 20.8 Å². The van der Waals surface area contributed by atoms with E-state index in [9.17, 15) is 30.4 Å². The topological polar surface area (TPSA) is 127 Å². The van der Waals surface area contributed by atoms with E-state index in [-0.39, 0.29) is 23.1 Å². The highest BCUT2D eigenvalue weighted by molar-refractivity contribution is 4.79. The largest absolute Gasteiger partial charge is 0.389 e. The minimum absolute atomic E-state index is 0.231. The number of nitrogens with zero attached hydrogens (tertiary/aromatic N) is 2. The summed E-state index contributed by atoms with van der Waals surface area (Å²) in [5.74, 6) is 0. The fourth-order valence-corrected chi connectivity index (χ4v) is 4.51. The summed E-state index contributed by atoms with van der Waals surface area (Å²) in [6.45, 7) is 7.68. The van der Waals surface area contributed by atoms with Crippen LogP contribution in [0.3, 0.4) is 0 Å². The molecule has 0 aliphatic rings. The zero-order valence-electron chi connectivity index (χ0n) is 23.3. The Hall–Kier alpha value is -1.28. The Morgan fingerprint density at radius 1 is 0.486 bits per heavy atom. The molecule has 0 heterocycles. The van der Waals surface area contributed by atoms with Crippen LogP contribution in [0.25, 0.3) is 0 Å². The molecule has 0 radical (unpaired) electrons. The fourth-order valence-electron chi connectivity index (χ4n) is 4.51. The van der Waals surface area contributed by atoms with Gasteiger partial charge in [0.05, 0.1) is 0 Å². The van der Waals surface area contributed by atoms with Crippen LogP contribution < -0.4 is 0 Å². The maximum atomic E-state index is 11.3. The number of hydrogen-bond donors (Lipinski definition) is 2. The van der Waals surface area contributed by atoms with Gasteiger partial charge in [-0.05, 0) is 25.7 Å². The van der Waals surface area contributed by atoms with Crippen molar-refractivity contribution >= 4 is 0 Å². The maximum Gasteiger partial charge on any atom is 0.244 e. The number of hydrogen-bond acceptors (Lipinski definition) is 6. The van der Waals surface area contributed by atoms with Crippen LogP contribution in [0, 0.1) is 20.2 Å². The molecule has 0 rings (SSSR count). The highest BCUT2D eigenvalue weighted by Gasteiger charge is 2.41. The van der Waals surface area contributed by atoms with Crippen molar-refractivity contribution in [2.75, 3.05) is 13.2 Å². The van der Waals surface area contributed by atoms with Crippen molar-refractivity contribution in [1.29, 1.82) is 0 Å². The van der Waals surface area contributed by atoms with Gasteiger partial charge in [0.15, 0.2) is 0 Å². The van der Waals surface area contributed by atoms with Gasteiger partial charge >= 0.3 is 0 Å². The molecule has 0 aliphatic carbocycles. The summed E-state index contributed by atoms with van der Waals surface area (Å²) in [7, 11) is 0. The van der Waals surface area contributed by atoms with Gasteiger partial charge < -0.3 is 10.2 Å². The lowest BCUT2D eigenvalue weighted by Crippen LogP contribution is -2.42. The molecule has 0 aromatic rings. The van der Waals surface area contributed by atoms with Gasteiger partial charge in [-0.25, -0.2) is 0 Å². The Balaban J connectivity index is 0. The molecule has 2 atom stereocenters. The molecule has 8 nitrogen and oxygen atoms in total. The first kappa shape index (κ1) is 35.9. The normalized spacial score (nSPS) is 14.5. The summed E-state index contributed by atoms with van der Waals surface area (Å²) in [5, 5.41) is 41.0. The predicted molar refractivity (Wildman–Crippen MR) is 144 cm³/mol. The maximum absolute atomic E-state index is 11.3. The van der Waals surface area contributed by atoms with E-state index in [0.717, 1.165) is 77.0 Å². The zero-order valence-corrected chi connectivity index (χ0v) is 23.3. The second-order valence-electron chi connectivity index (χ2n) is 10.2. The molecule has 0 aromatic heterocycles. The second-order valence-corrected chi connectivity index (χ2v) is 10.2. The third-order valence-corrected chi connectivity index (χ3v) is 7.07. The molecule has 0 aromatic carbocycles. The van der Waals surface area contributed by atoms with Crippen molar-refractivity contribution in [3.05, 3.63) is 20.2 Å². The Labute approximate surface area is 214 Å². The molecule has 2 N–H and O–H groups in total. The van der Waals surface area contributed by atoms with E-state index < -0.39 is 11.1 Å². The molecule has 0 saturated heterocycles. The first-order valence-electron chi connectivity index (χ1n) is 14.3. The van der Waals surface area contributed by atoms with Crippen molar-refractivity contribution in [1.82, 2.24) is 0 Å². The molecule has 2 unspecified atom stereocenters. The Morgan fingerprint density at radius 3 is 1.06 bits per heavy atom. The second kappa shape index (κ2) is 23.1. The van der Waals surface area contributed by atoms with Crippen LogP contribution >= 0.6 is 0 Å². The van der Waals surface area contributed by atoms with Crippen LogP contribution in [-0.4, -0.2) is 44.4 Å². The molecular formula is C27H56N2O6. The van der Waals surface area contributed by atoms with Gasteiger partial charge in [0.25, 0.3) is 0 Å². The van der Waals surface area contributed by atoms with Gasteiger partial charge in [-0.3, -0.25) is 20.2 Å². The van der Waals surface area contributed by atoms with Crippen molar-refractivity contribution in [2.45, 2.75) is 161 Å². The third-order valence-electron chi connectivity index (χ3n) is 7.07. The molecule has 0 aliphatic heterocycles. The smallest absolute Gasteiger partial charge is 0.244 e. The van der Waals surface area contributed by atoms with E-state index in [4.69, 9.17) is 0 Å². The van der Waals surface area contributed by atoms with Crippen LogP contribution in [0.5, 0.6) is 0 Å². The molecule has 8 heteroatoms. The average molecular weight is 505 g/mol. The van der Waals surface area contributed by atoms with Crippen molar-refractivity contribution in [2.24, 2.45) is 0 Å². The van der Waals surface area contributed by atoms with Gasteiger partial charge in [0.1, 0.15) is 13.2 Å². The molecule has 35 heavy (non-hydrogen) atoms. The molecule has 0 bridgehead atoms. The van der Waals surface area contributed by atoms with Crippen LogP contribution in [0.4, 0.5) is 0 Å². The third kappa shape index (κ3) is 16.2. The number of rotatable bonds is 23. The molecule has 0 fully saturated rings. The lowest BCUT2D eigenvalue weighted by molar-refractivity contribution is -0.576. The number of aliphatic hydroxyl groups is 2. The lowest BCUT2D eigenvalue weighted by atomic mass is 9.87.